The van der Waals surface area contributed by atoms with E-state index in [0.29, 0.717) is 24.0 Å². The zero-order valence-corrected chi connectivity index (χ0v) is 10.7. The van der Waals surface area contributed by atoms with Crippen LogP contribution in [0.2, 0.25) is 0 Å². The van der Waals surface area contributed by atoms with Crippen LogP contribution < -0.4 is 5.32 Å². The Balaban J connectivity index is 2.12. The summed E-state index contributed by atoms with van der Waals surface area (Å²) in [7, 11) is 0. The third-order valence-electron chi connectivity index (χ3n) is 3.73. The molecule has 2 heterocycles. The van der Waals surface area contributed by atoms with Crippen LogP contribution in [0.25, 0.3) is 0 Å². The Bertz CT molecular complexity index is 273. The standard InChI is InChI=1S/C12H23N3O/c1-8(2)11-7-14(10-5-13-6-10)12(16)15(11)9(3)4/h8-11,13H,5-7H2,1-4H3. The van der Waals surface area contributed by atoms with Crippen molar-refractivity contribution in [3.8, 4) is 0 Å². The van der Waals surface area contributed by atoms with Gasteiger partial charge in [-0.25, -0.2) is 4.79 Å². The molecule has 2 rings (SSSR count). The molecule has 1 unspecified atom stereocenters. The van der Waals surface area contributed by atoms with Crippen molar-refractivity contribution in [2.75, 3.05) is 19.6 Å². The second-order valence-corrected chi connectivity index (χ2v) is 5.56. The van der Waals surface area contributed by atoms with Gasteiger partial charge in [-0.1, -0.05) is 13.8 Å². The third kappa shape index (κ3) is 1.79. The number of carbonyl (C=O) groups is 1. The molecule has 2 saturated heterocycles. The number of amides is 2. The van der Waals surface area contributed by atoms with Gasteiger partial charge in [-0.15, -0.1) is 0 Å². The number of rotatable bonds is 3. The first-order valence-electron chi connectivity index (χ1n) is 6.32. The van der Waals surface area contributed by atoms with Crippen molar-refractivity contribution >= 4 is 6.03 Å². The fraction of sp³-hybridized carbons (Fsp3) is 0.917. The summed E-state index contributed by atoms with van der Waals surface area (Å²) >= 11 is 0. The molecule has 0 bridgehead atoms. The lowest BCUT2D eigenvalue weighted by Crippen LogP contribution is -2.58. The van der Waals surface area contributed by atoms with Crippen molar-refractivity contribution in [1.29, 1.82) is 0 Å². The lowest BCUT2D eigenvalue weighted by atomic mass is 10.0. The third-order valence-corrected chi connectivity index (χ3v) is 3.73. The van der Waals surface area contributed by atoms with Crippen molar-refractivity contribution < 1.29 is 4.79 Å². The lowest BCUT2D eigenvalue weighted by molar-refractivity contribution is 0.148. The maximum Gasteiger partial charge on any atom is 0.320 e. The molecule has 0 radical (unpaired) electrons. The number of hydrogen-bond donors (Lipinski definition) is 1. The number of nitrogens with zero attached hydrogens (tertiary/aromatic N) is 2. The summed E-state index contributed by atoms with van der Waals surface area (Å²) in [6.07, 6.45) is 0. The topological polar surface area (TPSA) is 35.6 Å². The highest BCUT2D eigenvalue weighted by Crippen LogP contribution is 2.26. The summed E-state index contributed by atoms with van der Waals surface area (Å²) in [5, 5.41) is 3.23. The van der Waals surface area contributed by atoms with Crippen LogP contribution in [-0.4, -0.2) is 53.6 Å². The van der Waals surface area contributed by atoms with Gasteiger partial charge in [0.1, 0.15) is 0 Å². The minimum absolute atomic E-state index is 0.236. The minimum Gasteiger partial charge on any atom is -0.317 e. The molecule has 92 valence electrons. The monoisotopic (exact) mass is 225 g/mol. The molecular weight excluding hydrogens is 202 g/mol. The first kappa shape index (κ1) is 11.7. The molecule has 0 saturated carbocycles. The van der Waals surface area contributed by atoms with Crippen molar-refractivity contribution in [2.45, 2.75) is 45.8 Å². The SMILES string of the molecule is CC(C)C1CN(C2CNC2)C(=O)N1C(C)C. The van der Waals surface area contributed by atoms with Gasteiger partial charge in [-0.3, -0.25) is 0 Å². The van der Waals surface area contributed by atoms with Crippen LogP contribution in [-0.2, 0) is 0 Å². The Labute approximate surface area is 98.0 Å². The zero-order chi connectivity index (χ0) is 11.9. The number of carbonyl (C=O) groups excluding carboxylic acids is 1. The van der Waals surface area contributed by atoms with Gasteiger partial charge in [-0.05, 0) is 19.8 Å². The maximum atomic E-state index is 12.3. The summed E-state index contributed by atoms with van der Waals surface area (Å²) in [6, 6.07) is 1.35. The Morgan fingerprint density at radius 1 is 1.25 bits per heavy atom. The maximum absolute atomic E-state index is 12.3. The molecule has 2 aliphatic rings. The highest BCUT2D eigenvalue weighted by Gasteiger charge is 2.43. The van der Waals surface area contributed by atoms with E-state index in [2.05, 4.69) is 42.8 Å². The number of urea groups is 1. The second-order valence-electron chi connectivity index (χ2n) is 5.56. The summed E-state index contributed by atoms with van der Waals surface area (Å²) in [4.78, 5) is 16.4. The first-order chi connectivity index (χ1) is 7.52. The molecule has 0 aromatic heterocycles. The van der Waals surface area contributed by atoms with Gasteiger partial charge in [-0.2, -0.15) is 0 Å². The van der Waals surface area contributed by atoms with E-state index in [4.69, 9.17) is 0 Å². The van der Waals surface area contributed by atoms with Crippen molar-refractivity contribution in [3.63, 3.8) is 0 Å². The Hall–Kier alpha value is -0.770. The Morgan fingerprint density at radius 3 is 2.19 bits per heavy atom. The summed E-state index contributed by atoms with van der Waals surface area (Å²) in [6.45, 7) is 11.4. The van der Waals surface area contributed by atoms with Gasteiger partial charge >= 0.3 is 6.03 Å². The van der Waals surface area contributed by atoms with Gasteiger partial charge in [0.15, 0.2) is 0 Å². The summed E-state index contributed by atoms with van der Waals surface area (Å²) in [5.41, 5.74) is 0. The van der Waals surface area contributed by atoms with Crippen LogP contribution in [0.5, 0.6) is 0 Å². The van der Waals surface area contributed by atoms with Gasteiger partial charge in [0.05, 0.1) is 12.1 Å². The van der Waals surface area contributed by atoms with Gasteiger partial charge in [0.25, 0.3) is 0 Å². The second kappa shape index (κ2) is 4.24. The average Bonchev–Trinajstić information content (AvgIpc) is 2.41. The van der Waals surface area contributed by atoms with Crippen LogP contribution in [0.1, 0.15) is 27.7 Å². The molecule has 2 amide bonds. The summed E-state index contributed by atoms with van der Waals surface area (Å²) in [5.74, 6) is 0.532. The predicted octanol–water partition coefficient (Wildman–Crippen LogP) is 1.13. The fourth-order valence-electron chi connectivity index (χ4n) is 2.59. The van der Waals surface area contributed by atoms with Crippen molar-refractivity contribution in [2.24, 2.45) is 5.92 Å². The van der Waals surface area contributed by atoms with Gasteiger partial charge in [0, 0.05) is 25.7 Å². The fourth-order valence-corrected chi connectivity index (χ4v) is 2.59. The van der Waals surface area contributed by atoms with E-state index in [9.17, 15) is 4.79 Å². The minimum atomic E-state index is 0.236. The molecule has 0 spiro atoms. The Morgan fingerprint density at radius 2 is 1.88 bits per heavy atom. The lowest BCUT2D eigenvalue weighted by Gasteiger charge is -2.35. The Kier molecular flexibility index (Phi) is 3.10. The molecule has 1 atom stereocenters. The van der Waals surface area contributed by atoms with E-state index in [1.165, 1.54) is 0 Å². The zero-order valence-electron chi connectivity index (χ0n) is 10.7. The van der Waals surface area contributed by atoms with E-state index < -0.39 is 0 Å². The van der Waals surface area contributed by atoms with Crippen molar-refractivity contribution in [1.82, 2.24) is 15.1 Å². The van der Waals surface area contributed by atoms with Crippen molar-refractivity contribution in [3.05, 3.63) is 0 Å². The molecule has 0 aliphatic carbocycles. The molecule has 0 aromatic carbocycles. The molecule has 2 fully saturated rings. The van der Waals surface area contributed by atoms with E-state index in [1.807, 2.05) is 0 Å². The highest BCUT2D eigenvalue weighted by atomic mass is 16.2. The number of nitrogens with one attached hydrogen (secondary N) is 1. The van der Waals surface area contributed by atoms with Crippen LogP contribution in [0.3, 0.4) is 0 Å². The molecule has 4 heteroatoms. The van der Waals surface area contributed by atoms with E-state index in [0.717, 1.165) is 19.6 Å². The normalized spacial score (nSPS) is 27.1. The molecule has 2 aliphatic heterocycles. The van der Waals surface area contributed by atoms with E-state index in [-0.39, 0.29) is 6.03 Å². The predicted molar refractivity (Wildman–Crippen MR) is 64.4 cm³/mol. The first-order valence-corrected chi connectivity index (χ1v) is 6.32. The molecule has 4 nitrogen and oxygen atoms in total. The van der Waals surface area contributed by atoms with Gasteiger partial charge in [0.2, 0.25) is 0 Å². The summed E-state index contributed by atoms with van der Waals surface area (Å²) < 4.78 is 0. The van der Waals surface area contributed by atoms with Crippen LogP contribution in [0, 0.1) is 5.92 Å². The molecular formula is C12H23N3O. The van der Waals surface area contributed by atoms with Gasteiger partial charge < -0.3 is 15.1 Å². The highest BCUT2D eigenvalue weighted by molar-refractivity contribution is 5.78. The average molecular weight is 225 g/mol. The van der Waals surface area contributed by atoms with Crippen LogP contribution >= 0.6 is 0 Å². The molecule has 1 N–H and O–H groups in total. The molecule has 16 heavy (non-hydrogen) atoms. The largest absolute Gasteiger partial charge is 0.320 e. The molecule has 0 aromatic rings. The van der Waals surface area contributed by atoms with E-state index in [1.54, 1.807) is 0 Å². The van der Waals surface area contributed by atoms with E-state index >= 15 is 0 Å². The smallest absolute Gasteiger partial charge is 0.317 e. The quantitative estimate of drug-likeness (QED) is 0.781. The number of hydrogen-bond acceptors (Lipinski definition) is 2. The van der Waals surface area contributed by atoms with Crippen LogP contribution in [0.4, 0.5) is 4.79 Å². The van der Waals surface area contributed by atoms with Crippen LogP contribution in [0.15, 0.2) is 0 Å².